The van der Waals surface area contributed by atoms with Crippen molar-refractivity contribution < 1.29 is 4.79 Å². The van der Waals surface area contributed by atoms with Gasteiger partial charge in [0, 0.05) is 12.6 Å². The zero-order chi connectivity index (χ0) is 11.7. The first-order valence-electron chi connectivity index (χ1n) is 6.34. The van der Waals surface area contributed by atoms with Crippen LogP contribution in [0, 0.1) is 23.7 Å². The number of piperidine rings is 1. The number of amides is 2. The number of rotatable bonds is 4. The molecule has 0 aromatic carbocycles. The molecule has 16 heavy (non-hydrogen) atoms. The number of hydrogen-bond acceptors (Lipinski definition) is 2. The summed E-state index contributed by atoms with van der Waals surface area (Å²) in [6.07, 6.45) is 0. The summed E-state index contributed by atoms with van der Waals surface area (Å²) in [5.74, 6) is 2.85. The quantitative estimate of drug-likeness (QED) is 0.663. The lowest BCUT2D eigenvalue weighted by molar-refractivity contribution is 0.233. The Hall–Kier alpha value is -0.770. The minimum atomic E-state index is -0.0147. The highest BCUT2D eigenvalue weighted by Crippen LogP contribution is 2.47. The van der Waals surface area contributed by atoms with E-state index in [1.807, 2.05) is 6.92 Å². The molecule has 92 valence electrons. The molecule has 1 aliphatic carbocycles. The Morgan fingerprint density at radius 3 is 2.50 bits per heavy atom. The Kier molecular flexibility index (Phi) is 3.38. The van der Waals surface area contributed by atoms with Crippen molar-refractivity contribution in [2.24, 2.45) is 23.7 Å². The van der Waals surface area contributed by atoms with Crippen LogP contribution in [-0.2, 0) is 0 Å². The zero-order valence-corrected chi connectivity index (χ0v) is 10.4. The second kappa shape index (κ2) is 4.62. The summed E-state index contributed by atoms with van der Waals surface area (Å²) in [7, 11) is 0. The topological polar surface area (TPSA) is 53.2 Å². The first-order chi connectivity index (χ1) is 7.59. The number of nitrogens with one attached hydrogen (secondary N) is 3. The molecule has 4 heteroatoms. The summed E-state index contributed by atoms with van der Waals surface area (Å²) in [6.45, 7) is 9.39. The molecule has 1 saturated carbocycles. The molecule has 3 atom stereocenters. The molecule has 2 aliphatic rings. The number of hydrogen-bond donors (Lipinski definition) is 3. The third kappa shape index (κ3) is 2.48. The van der Waals surface area contributed by atoms with Gasteiger partial charge in [0.15, 0.2) is 0 Å². The molecular weight excluding hydrogens is 202 g/mol. The fourth-order valence-corrected chi connectivity index (χ4v) is 2.48. The normalized spacial score (nSPS) is 33.4. The van der Waals surface area contributed by atoms with Crippen molar-refractivity contribution in [3.8, 4) is 0 Å². The van der Waals surface area contributed by atoms with Gasteiger partial charge in [-0.05, 0) is 43.7 Å². The van der Waals surface area contributed by atoms with Crippen molar-refractivity contribution in [1.29, 1.82) is 0 Å². The lowest BCUT2D eigenvalue weighted by atomic mass is 10.1. The summed E-state index contributed by atoms with van der Waals surface area (Å²) >= 11 is 0. The lowest BCUT2D eigenvalue weighted by Crippen LogP contribution is -2.44. The summed E-state index contributed by atoms with van der Waals surface area (Å²) in [5, 5.41) is 9.30. The first-order valence-corrected chi connectivity index (χ1v) is 6.34. The summed E-state index contributed by atoms with van der Waals surface area (Å²) in [4.78, 5) is 11.6. The SMILES string of the molecule is CC(C)C(C)NC(=O)NCC1C2CNCC21. The molecule has 1 saturated heterocycles. The van der Waals surface area contributed by atoms with Crippen LogP contribution in [0.4, 0.5) is 4.79 Å². The first kappa shape index (κ1) is 11.7. The molecule has 0 bridgehead atoms. The maximum absolute atomic E-state index is 11.6. The Labute approximate surface area is 97.6 Å². The number of urea groups is 1. The van der Waals surface area contributed by atoms with Gasteiger partial charge < -0.3 is 16.0 Å². The second-order valence-corrected chi connectivity index (χ2v) is 5.54. The van der Waals surface area contributed by atoms with Crippen molar-refractivity contribution in [1.82, 2.24) is 16.0 Å². The van der Waals surface area contributed by atoms with E-state index in [4.69, 9.17) is 0 Å². The van der Waals surface area contributed by atoms with E-state index in [1.165, 1.54) is 0 Å². The van der Waals surface area contributed by atoms with E-state index in [0.717, 1.165) is 37.4 Å². The van der Waals surface area contributed by atoms with Crippen LogP contribution in [0.15, 0.2) is 0 Å². The molecular formula is C12H23N3O. The van der Waals surface area contributed by atoms with E-state index in [-0.39, 0.29) is 12.1 Å². The fraction of sp³-hybridized carbons (Fsp3) is 0.917. The van der Waals surface area contributed by atoms with E-state index in [2.05, 4.69) is 29.8 Å². The molecule has 2 fully saturated rings. The van der Waals surface area contributed by atoms with Crippen LogP contribution in [0.25, 0.3) is 0 Å². The van der Waals surface area contributed by atoms with Crippen LogP contribution >= 0.6 is 0 Å². The Bertz CT molecular complexity index is 257. The zero-order valence-electron chi connectivity index (χ0n) is 10.4. The Balaban J connectivity index is 1.61. The number of carbonyl (C=O) groups is 1. The Morgan fingerprint density at radius 2 is 1.94 bits per heavy atom. The third-order valence-corrected chi connectivity index (χ3v) is 4.13. The smallest absolute Gasteiger partial charge is 0.315 e. The van der Waals surface area contributed by atoms with Crippen LogP contribution in [-0.4, -0.2) is 31.7 Å². The van der Waals surface area contributed by atoms with Crippen LogP contribution < -0.4 is 16.0 Å². The van der Waals surface area contributed by atoms with Gasteiger partial charge in [0.05, 0.1) is 0 Å². The standard InChI is InChI=1S/C12H23N3O/c1-7(2)8(3)15-12(16)14-6-11-9-4-13-5-10(9)11/h7-11,13H,4-6H2,1-3H3,(H2,14,15,16). The summed E-state index contributed by atoms with van der Waals surface area (Å²) in [5.41, 5.74) is 0. The van der Waals surface area contributed by atoms with E-state index >= 15 is 0 Å². The summed E-state index contributed by atoms with van der Waals surface area (Å²) in [6, 6.07) is 0.222. The number of carbonyl (C=O) groups excluding carboxylic acids is 1. The largest absolute Gasteiger partial charge is 0.338 e. The molecule has 0 spiro atoms. The predicted octanol–water partition coefficient (Wildman–Crippen LogP) is 0.796. The second-order valence-electron chi connectivity index (χ2n) is 5.54. The van der Waals surface area contributed by atoms with Gasteiger partial charge in [-0.15, -0.1) is 0 Å². The maximum Gasteiger partial charge on any atom is 0.315 e. The van der Waals surface area contributed by atoms with Gasteiger partial charge in [-0.1, -0.05) is 13.8 Å². The molecule has 2 amide bonds. The van der Waals surface area contributed by atoms with Gasteiger partial charge in [0.2, 0.25) is 0 Å². The van der Waals surface area contributed by atoms with Gasteiger partial charge in [-0.3, -0.25) is 0 Å². The van der Waals surface area contributed by atoms with Gasteiger partial charge in [-0.25, -0.2) is 4.79 Å². The molecule has 3 unspecified atom stereocenters. The lowest BCUT2D eigenvalue weighted by Gasteiger charge is -2.18. The molecule has 0 aromatic heterocycles. The molecule has 1 aliphatic heterocycles. The molecule has 3 N–H and O–H groups in total. The van der Waals surface area contributed by atoms with Gasteiger partial charge in [0.25, 0.3) is 0 Å². The van der Waals surface area contributed by atoms with Gasteiger partial charge in [-0.2, -0.15) is 0 Å². The highest BCUT2D eigenvalue weighted by Gasteiger charge is 2.52. The molecule has 0 aromatic rings. The molecule has 4 nitrogen and oxygen atoms in total. The van der Waals surface area contributed by atoms with E-state index in [1.54, 1.807) is 0 Å². The van der Waals surface area contributed by atoms with Crippen LogP contribution in [0.3, 0.4) is 0 Å². The predicted molar refractivity (Wildman–Crippen MR) is 64.2 cm³/mol. The molecule has 2 rings (SSSR count). The highest BCUT2D eigenvalue weighted by molar-refractivity contribution is 5.74. The highest BCUT2D eigenvalue weighted by atomic mass is 16.2. The van der Waals surface area contributed by atoms with Crippen molar-refractivity contribution >= 4 is 6.03 Å². The van der Waals surface area contributed by atoms with Crippen LogP contribution in [0.2, 0.25) is 0 Å². The van der Waals surface area contributed by atoms with Gasteiger partial charge >= 0.3 is 6.03 Å². The Morgan fingerprint density at radius 1 is 1.31 bits per heavy atom. The van der Waals surface area contributed by atoms with E-state index < -0.39 is 0 Å². The summed E-state index contributed by atoms with van der Waals surface area (Å²) < 4.78 is 0. The van der Waals surface area contributed by atoms with Crippen molar-refractivity contribution in [3.05, 3.63) is 0 Å². The minimum Gasteiger partial charge on any atom is -0.338 e. The minimum absolute atomic E-state index is 0.0147. The van der Waals surface area contributed by atoms with Crippen molar-refractivity contribution in [3.63, 3.8) is 0 Å². The van der Waals surface area contributed by atoms with Crippen molar-refractivity contribution in [2.45, 2.75) is 26.8 Å². The number of fused-ring (bicyclic) bond motifs is 1. The van der Waals surface area contributed by atoms with Gasteiger partial charge in [0.1, 0.15) is 0 Å². The molecule has 1 heterocycles. The fourth-order valence-electron chi connectivity index (χ4n) is 2.48. The van der Waals surface area contributed by atoms with Crippen LogP contribution in [0.5, 0.6) is 0 Å². The van der Waals surface area contributed by atoms with Crippen molar-refractivity contribution in [2.75, 3.05) is 19.6 Å². The van der Waals surface area contributed by atoms with Crippen LogP contribution in [0.1, 0.15) is 20.8 Å². The third-order valence-electron chi connectivity index (χ3n) is 4.13. The molecule has 0 radical (unpaired) electrons. The van der Waals surface area contributed by atoms with E-state index in [0.29, 0.717) is 5.92 Å². The maximum atomic E-state index is 11.6. The monoisotopic (exact) mass is 225 g/mol. The average Bonchev–Trinajstić information content (AvgIpc) is 2.67. The van der Waals surface area contributed by atoms with E-state index in [9.17, 15) is 4.79 Å². The average molecular weight is 225 g/mol.